The van der Waals surface area contributed by atoms with Crippen LogP contribution >= 0.6 is 0 Å². The van der Waals surface area contributed by atoms with Gasteiger partial charge in [-0.15, -0.1) is 0 Å². The highest BCUT2D eigenvalue weighted by molar-refractivity contribution is 5.15. The van der Waals surface area contributed by atoms with E-state index in [0.717, 1.165) is 31.9 Å². The molecule has 14 heavy (non-hydrogen) atoms. The molecule has 1 atom stereocenters. The van der Waals surface area contributed by atoms with Crippen LogP contribution in [0.1, 0.15) is 24.7 Å². The van der Waals surface area contributed by atoms with Gasteiger partial charge in [-0.05, 0) is 26.3 Å². The molecule has 3 heteroatoms. The molecule has 1 aliphatic heterocycles. The van der Waals surface area contributed by atoms with Crippen molar-refractivity contribution in [1.29, 1.82) is 0 Å². The van der Waals surface area contributed by atoms with Gasteiger partial charge in [0, 0.05) is 24.3 Å². The standard InChI is InChI=1S/C11H17NO2/c1-9-10(3-5-14-9)7-12-11(2)4-6-13-8-11/h3,5,12H,4,6-8H2,1-2H3. The predicted octanol–water partition coefficient (Wildman–Crippen LogP) is 1.86. The summed E-state index contributed by atoms with van der Waals surface area (Å²) in [5, 5.41) is 3.52. The smallest absolute Gasteiger partial charge is 0.105 e. The summed E-state index contributed by atoms with van der Waals surface area (Å²) in [4.78, 5) is 0. The maximum atomic E-state index is 5.37. The van der Waals surface area contributed by atoms with Crippen LogP contribution in [0.3, 0.4) is 0 Å². The van der Waals surface area contributed by atoms with E-state index >= 15 is 0 Å². The van der Waals surface area contributed by atoms with Gasteiger partial charge < -0.3 is 14.5 Å². The Labute approximate surface area is 84.4 Å². The van der Waals surface area contributed by atoms with E-state index in [0.29, 0.717) is 0 Å². The average molecular weight is 195 g/mol. The number of nitrogens with one attached hydrogen (secondary N) is 1. The molecule has 0 amide bonds. The third-order valence-corrected chi connectivity index (χ3v) is 2.89. The summed E-state index contributed by atoms with van der Waals surface area (Å²) in [6.07, 6.45) is 2.82. The molecule has 3 nitrogen and oxygen atoms in total. The summed E-state index contributed by atoms with van der Waals surface area (Å²) in [5.74, 6) is 1.00. The fraction of sp³-hybridized carbons (Fsp3) is 0.636. The zero-order valence-corrected chi connectivity index (χ0v) is 8.80. The molecule has 1 aliphatic rings. The zero-order valence-electron chi connectivity index (χ0n) is 8.80. The SMILES string of the molecule is Cc1occc1CNC1(C)CCOC1. The van der Waals surface area contributed by atoms with E-state index in [2.05, 4.69) is 12.2 Å². The Bertz CT molecular complexity index is 300. The van der Waals surface area contributed by atoms with Crippen molar-refractivity contribution in [3.8, 4) is 0 Å². The molecule has 0 saturated carbocycles. The van der Waals surface area contributed by atoms with E-state index < -0.39 is 0 Å². The van der Waals surface area contributed by atoms with Gasteiger partial charge in [0.15, 0.2) is 0 Å². The Balaban J connectivity index is 1.91. The van der Waals surface area contributed by atoms with E-state index in [1.54, 1.807) is 6.26 Å². The lowest BCUT2D eigenvalue weighted by atomic mass is 10.0. The molecule has 1 saturated heterocycles. The van der Waals surface area contributed by atoms with Gasteiger partial charge in [0.1, 0.15) is 5.76 Å². The van der Waals surface area contributed by atoms with Crippen LogP contribution in [0.25, 0.3) is 0 Å². The average Bonchev–Trinajstić information content (AvgIpc) is 2.73. The number of ether oxygens (including phenoxy) is 1. The van der Waals surface area contributed by atoms with Gasteiger partial charge in [-0.1, -0.05) is 0 Å². The lowest BCUT2D eigenvalue weighted by Gasteiger charge is -2.23. The Kier molecular flexibility index (Phi) is 2.61. The van der Waals surface area contributed by atoms with Crippen LogP contribution in [0.15, 0.2) is 16.7 Å². The Morgan fingerprint density at radius 2 is 2.43 bits per heavy atom. The van der Waals surface area contributed by atoms with Crippen molar-refractivity contribution in [1.82, 2.24) is 5.32 Å². The van der Waals surface area contributed by atoms with Crippen LogP contribution in [-0.2, 0) is 11.3 Å². The van der Waals surface area contributed by atoms with Gasteiger partial charge in [0.05, 0.1) is 12.9 Å². The van der Waals surface area contributed by atoms with Crippen molar-refractivity contribution in [2.45, 2.75) is 32.4 Å². The van der Waals surface area contributed by atoms with E-state index in [1.165, 1.54) is 5.56 Å². The fourth-order valence-electron chi connectivity index (χ4n) is 1.71. The molecule has 0 aromatic carbocycles. The molecular weight excluding hydrogens is 178 g/mol. The lowest BCUT2D eigenvalue weighted by molar-refractivity contribution is 0.171. The topological polar surface area (TPSA) is 34.4 Å². The normalized spacial score (nSPS) is 27.0. The summed E-state index contributed by atoms with van der Waals surface area (Å²) >= 11 is 0. The predicted molar refractivity (Wildman–Crippen MR) is 54.1 cm³/mol. The Hall–Kier alpha value is -0.800. The van der Waals surface area contributed by atoms with Gasteiger partial charge >= 0.3 is 0 Å². The molecule has 78 valence electrons. The molecular formula is C11H17NO2. The molecule has 1 aromatic rings. The number of hydrogen-bond acceptors (Lipinski definition) is 3. The summed E-state index contributed by atoms with van der Waals surface area (Å²) in [5.41, 5.74) is 1.38. The fourth-order valence-corrected chi connectivity index (χ4v) is 1.71. The van der Waals surface area contributed by atoms with Crippen LogP contribution in [0, 0.1) is 6.92 Å². The minimum Gasteiger partial charge on any atom is -0.469 e. The van der Waals surface area contributed by atoms with Crippen molar-refractivity contribution < 1.29 is 9.15 Å². The van der Waals surface area contributed by atoms with E-state index in [-0.39, 0.29) is 5.54 Å². The van der Waals surface area contributed by atoms with Gasteiger partial charge in [-0.3, -0.25) is 0 Å². The first-order chi connectivity index (χ1) is 6.70. The molecule has 1 N–H and O–H groups in total. The second-order valence-corrected chi connectivity index (χ2v) is 4.22. The van der Waals surface area contributed by atoms with E-state index in [1.807, 2.05) is 13.0 Å². The van der Waals surface area contributed by atoms with Crippen LogP contribution < -0.4 is 5.32 Å². The summed E-state index contributed by atoms with van der Waals surface area (Å²) in [6, 6.07) is 2.02. The van der Waals surface area contributed by atoms with Gasteiger partial charge in [0.2, 0.25) is 0 Å². The second kappa shape index (κ2) is 3.75. The monoisotopic (exact) mass is 195 g/mol. The number of aryl methyl sites for hydroxylation is 1. The largest absolute Gasteiger partial charge is 0.469 e. The quantitative estimate of drug-likeness (QED) is 0.799. The zero-order chi connectivity index (χ0) is 10.0. The van der Waals surface area contributed by atoms with Gasteiger partial charge in [0.25, 0.3) is 0 Å². The summed E-state index contributed by atoms with van der Waals surface area (Å²) in [7, 11) is 0. The molecule has 0 radical (unpaired) electrons. The number of rotatable bonds is 3. The second-order valence-electron chi connectivity index (χ2n) is 4.22. The molecule has 0 aliphatic carbocycles. The molecule has 2 rings (SSSR count). The molecule has 2 heterocycles. The van der Waals surface area contributed by atoms with Crippen molar-refractivity contribution in [2.75, 3.05) is 13.2 Å². The van der Waals surface area contributed by atoms with Crippen molar-refractivity contribution in [2.24, 2.45) is 0 Å². The first-order valence-corrected chi connectivity index (χ1v) is 5.05. The maximum absolute atomic E-state index is 5.37. The highest BCUT2D eigenvalue weighted by Crippen LogP contribution is 2.19. The van der Waals surface area contributed by atoms with Crippen LogP contribution in [-0.4, -0.2) is 18.8 Å². The minimum atomic E-state index is 0.143. The highest BCUT2D eigenvalue weighted by atomic mass is 16.5. The third-order valence-electron chi connectivity index (χ3n) is 2.89. The van der Waals surface area contributed by atoms with Crippen LogP contribution in [0.5, 0.6) is 0 Å². The van der Waals surface area contributed by atoms with Gasteiger partial charge in [-0.2, -0.15) is 0 Å². The molecule has 0 bridgehead atoms. The molecule has 1 unspecified atom stereocenters. The number of hydrogen-bond donors (Lipinski definition) is 1. The third kappa shape index (κ3) is 1.99. The Morgan fingerprint density at radius 1 is 1.57 bits per heavy atom. The summed E-state index contributed by atoms with van der Waals surface area (Å²) < 4.78 is 10.6. The first kappa shape index (κ1) is 9.74. The van der Waals surface area contributed by atoms with Gasteiger partial charge in [-0.25, -0.2) is 0 Å². The van der Waals surface area contributed by atoms with E-state index in [9.17, 15) is 0 Å². The Morgan fingerprint density at radius 3 is 3.00 bits per heavy atom. The van der Waals surface area contributed by atoms with E-state index in [4.69, 9.17) is 9.15 Å². The van der Waals surface area contributed by atoms with Crippen LogP contribution in [0.2, 0.25) is 0 Å². The number of furan rings is 1. The lowest BCUT2D eigenvalue weighted by Crippen LogP contribution is -2.42. The van der Waals surface area contributed by atoms with Crippen molar-refractivity contribution in [3.63, 3.8) is 0 Å². The first-order valence-electron chi connectivity index (χ1n) is 5.05. The summed E-state index contributed by atoms with van der Waals surface area (Å²) in [6.45, 7) is 6.74. The van der Waals surface area contributed by atoms with Crippen molar-refractivity contribution in [3.05, 3.63) is 23.7 Å². The van der Waals surface area contributed by atoms with Crippen molar-refractivity contribution >= 4 is 0 Å². The maximum Gasteiger partial charge on any atom is 0.105 e. The van der Waals surface area contributed by atoms with Crippen LogP contribution in [0.4, 0.5) is 0 Å². The molecule has 0 spiro atoms. The molecule has 1 aromatic heterocycles. The highest BCUT2D eigenvalue weighted by Gasteiger charge is 2.28. The minimum absolute atomic E-state index is 0.143. The molecule has 1 fully saturated rings.